The molecule has 33 heavy (non-hydrogen) atoms. The number of halogens is 3. The van der Waals surface area contributed by atoms with Gasteiger partial charge in [-0.15, -0.1) is 0 Å². The summed E-state index contributed by atoms with van der Waals surface area (Å²) in [6.45, 7) is 5.11. The van der Waals surface area contributed by atoms with E-state index in [-0.39, 0.29) is 17.3 Å². The van der Waals surface area contributed by atoms with Gasteiger partial charge < -0.3 is 10.2 Å². The minimum atomic E-state index is -1.40. The molecule has 0 bridgehead atoms. The van der Waals surface area contributed by atoms with E-state index in [1.165, 1.54) is 12.4 Å². The quantitative estimate of drug-likeness (QED) is 0.597. The van der Waals surface area contributed by atoms with Crippen LogP contribution in [0.5, 0.6) is 0 Å². The number of benzene rings is 2. The van der Waals surface area contributed by atoms with Crippen LogP contribution in [-0.4, -0.2) is 33.0 Å². The summed E-state index contributed by atoms with van der Waals surface area (Å²) in [7, 11) is 0. The van der Waals surface area contributed by atoms with Crippen molar-refractivity contribution in [1.82, 2.24) is 9.97 Å². The molecule has 0 saturated heterocycles. The Morgan fingerprint density at radius 3 is 2.36 bits per heavy atom. The Bertz CT molecular complexity index is 1320. The second-order valence-corrected chi connectivity index (χ2v) is 7.89. The highest BCUT2D eigenvalue weighted by Crippen LogP contribution is 2.27. The van der Waals surface area contributed by atoms with Gasteiger partial charge in [0.15, 0.2) is 28.8 Å². The third-order valence-electron chi connectivity index (χ3n) is 5.06. The van der Waals surface area contributed by atoms with E-state index in [1.807, 2.05) is 6.92 Å². The van der Waals surface area contributed by atoms with Crippen LogP contribution in [0.3, 0.4) is 0 Å². The van der Waals surface area contributed by atoms with E-state index in [0.29, 0.717) is 29.0 Å². The van der Waals surface area contributed by atoms with Crippen molar-refractivity contribution in [2.75, 3.05) is 5.32 Å². The van der Waals surface area contributed by atoms with Gasteiger partial charge in [0.05, 0.1) is 23.7 Å². The van der Waals surface area contributed by atoms with Crippen LogP contribution >= 0.6 is 0 Å². The fraction of sp³-hybridized carbons (Fsp3) is 0.174. The van der Waals surface area contributed by atoms with Gasteiger partial charge in [-0.05, 0) is 38.5 Å². The van der Waals surface area contributed by atoms with E-state index >= 15 is 0 Å². The molecule has 7 nitrogen and oxygen atoms in total. The number of carbonyl (C=O) groups is 2. The molecule has 0 unspecified atom stereocenters. The van der Waals surface area contributed by atoms with E-state index in [0.717, 1.165) is 5.56 Å². The van der Waals surface area contributed by atoms with E-state index in [4.69, 9.17) is 4.84 Å². The van der Waals surface area contributed by atoms with Crippen molar-refractivity contribution in [3.05, 3.63) is 76.9 Å². The number of hydrogen-bond donors (Lipinski definition) is 1. The monoisotopic (exact) mass is 454 g/mol. The van der Waals surface area contributed by atoms with Gasteiger partial charge in [0.1, 0.15) is 5.82 Å². The average Bonchev–Trinajstić information content (AvgIpc) is 3.04. The highest BCUT2D eigenvalue weighted by Gasteiger charge is 2.40. The largest absolute Gasteiger partial charge is 0.381 e. The molecule has 1 N–H and O–H groups in total. The average molecular weight is 454 g/mol. The molecule has 2 heterocycles. The molecule has 0 spiro atoms. The SMILES string of the molecule is Cc1ccc(C2=NOC(C)(C)C2=O)cc1-c1cnc(NC(=O)c2cc(F)c(F)cc2F)cn1. The summed E-state index contributed by atoms with van der Waals surface area (Å²) in [5.41, 5.74) is 1.01. The molecule has 168 valence electrons. The summed E-state index contributed by atoms with van der Waals surface area (Å²) in [4.78, 5) is 38.3. The maximum absolute atomic E-state index is 13.8. The zero-order chi connectivity index (χ0) is 23.9. The number of nitrogens with one attached hydrogen (secondary N) is 1. The van der Waals surface area contributed by atoms with Crippen LogP contribution in [0, 0.1) is 24.4 Å². The van der Waals surface area contributed by atoms with Crippen LogP contribution in [0.1, 0.15) is 35.3 Å². The highest BCUT2D eigenvalue weighted by molar-refractivity contribution is 6.49. The molecule has 4 rings (SSSR count). The molecule has 1 aliphatic rings. The topological polar surface area (TPSA) is 93.5 Å². The van der Waals surface area contributed by atoms with Crippen molar-refractivity contribution in [1.29, 1.82) is 0 Å². The smallest absolute Gasteiger partial charge is 0.259 e. The molecule has 0 radical (unpaired) electrons. The summed E-state index contributed by atoms with van der Waals surface area (Å²) in [6.07, 6.45) is 2.61. The van der Waals surface area contributed by atoms with E-state index in [1.54, 1.807) is 32.0 Å². The predicted molar refractivity (Wildman–Crippen MR) is 113 cm³/mol. The Hall–Kier alpha value is -4.08. The Labute approximate surface area is 186 Å². The lowest BCUT2D eigenvalue weighted by Gasteiger charge is -2.12. The first-order valence-corrected chi connectivity index (χ1v) is 9.77. The van der Waals surface area contributed by atoms with Gasteiger partial charge >= 0.3 is 0 Å². The highest BCUT2D eigenvalue weighted by atomic mass is 19.2. The van der Waals surface area contributed by atoms with Crippen LogP contribution in [-0.2, 0) is 9.63 Å². The first kappa shape index (κ1) is 22.1. The predicted octanol–water partition coefficient (Wildman–Crippen LogP) is 4.20. The lowest BCUT2D eigenvalue weighted by molar-refractivity contribution is -0.128. The normalized spacial score (nSPS) is 14.6. The lowest BCUT2D eigenvalue weighted by Crippen LogP contribution is -2.33. The van der Waals surface area contributed by atoms with Gasteiger partial charge in [-0.2, -0.15) is 0 Å². The molecule has 0 fully saturated rings. The minimum Gasteiger partial charge on any atom is -0.381 e. The fourth-order valence-electron chi connectivity index (χ4n) is 3.17. The third-order valence-corrected chi connectivity index (χ3v) is 5.06. The summed E-state index contributed by atoms with van der Waals surface area (Å²) in [5.74, 6) is -5.23. The minimum absolute atomic E-state index is 0.0211. The van der Waals surface area contributed by atoms with Crippen molar-refractivity contribution in [2.45, 2.75) is 26.4 Å². The zero-order valence-electron chi connectivity index (χ0n) is 17.7. The van der Waals surface area contributed by atoms with Crippen molar-refractivity contribution in [3.8, 4) is 11.3 Å². The van der Waals surface area contributed by atoms with Crippen LogP contribution in [0.2, 0.25) is 0 Å². The number of hydrogen-bond acceptors (Lipinski definition) is 6. The molecule has 10 heteroatoms. The van der Waals surface area contributed by atoms with Gasteiger partial charge in [-0.1, -0.05) is 17.3 Å². The molecule has 3 aromatic rings. The molecule has 1 aromatic heterocycles. The van der Waals surface area contributed by atoms with Gasteiger partial charge in [-0.25, -0.2) is 18.2 Å². The third kappa shape index (κ3) is 4.19. The number of ketones is 1. The fourth-order valence-corrected chi connectivity index (χ4v) is 3.17. The maximum Gasteiger partial charge on any atom is 0.259 e. The summed E-state index contributed by atoms with van der Waals surface area (Å²) < 4.78 is 40.2. The second-order valence-electron chi connectivity index (χ2n) is 7.89. The molecule has 1 amide bonds. The van der Waals surface area contributed by atoms with E-state index in [9.17, 15) is 22.8 Å². The molecule has 0 atom stereocenters. The van der Waals surface area contributed by atoms with Crippen molar-refractivity contribution in [2.24, 2.45) is 5.16 Å². The first-order valence-electron chi connectivity index (χ1n) is 9.77. The van der Waals surface area contributed by atoms with Crippen molar-refractivity contribution in [3.63, 3.8) is 0 Å². The summed E-state index contributed by atoms with van der Waals surface area (Å²) in [6, 6.07) is 6.04. The van der Waals surface area contributed by atoms with Gasteiger partial charge in [-0.3, -0.25) is 14.6 Å². The lowest BCUT2D eigenvalue weighted by atomic mass is 9.93. The van der Waals surface area contributed by atoms with E-state index < -0.39 is 34.5 Å². The number of carbonyl (C=O) groups excluding carboxylic acids is 2. The zero-order valence-corrected chi connectivity index (χ0v) is 17.7. The Balaban J connectivity index is 1.57. The molecule has 2 aromatic carbocycles. The first-order chi connectivity index (χ1) is 15.6. The van der Waals surface area contributed by atoms with Crippen molar-refractivity contribution >= 4 is 23.2 Å². The number of Topliss-reactive ketones (excluding diaryl/α,β-unsaturated/α-hetero) is 1. The van der Waals surface area contributed by atoms with Crippen LogP contribution in [0.25, 0.3) is 11.3 Å². The number of oxime groups is 1. The number of aryl methyl sites for hydroxylation is 1. The van der Waals surface area contributed by atoms with Gasteiger partial charge in [0, 0.05) is 17.2 Å². The number of nitrogens with zero attached hydrogens (tertiary/aromatic N) is 3. The molecular formula is C23H17F3N4O3. The Kier molecular flexibility index (Phi) is 5.44. The second kappa shape index (κ2) is 8.12. The number of amides is 1. The van der Waals surface area contributed by atoms with Crippen LogP contribution in [0.4, 0.5) is 19.0 Å². The molecule has 0 aliphatic carbocycles. The van der Waals surface area contributed by atoms with Crippen LogP contribution in [0.15, 0.2) is 47.9 Å². The summed E-state index contributed by atoms with van der Waals surface area (Å²) >= 11 is 0. The molecular weight excluding hydrogens is 437 g/mol. The number of aromatic nitrogens is 2. The molecule has 0 saturated carbocycles. The Morgan fingerprint density at radius 1 is 1.00 bits per heavy atom. The number of rotatable bonds is 4. The standard InChI is InChI=1S/C23H17F3N4O3/c1-11-4-5-12(20-21(31)23(2,3)33-30-20)6-13(11)18-9-28-19(10-27-18)29-22(32)14-7-16(25)17(26)8-15(14)24/h4-10H,1-3H3,(H,28,29,32). The van der Waals surface area contributed by atoms with Gasteiger partial charge in [0.25, 0.3) is 5.91 Å². The molecule has 1 aliphatic heterocycles. The number of anilines is 1. The van der Waals surface area contributed by atoms with Gasteiger partial charge in [0.2, 0.25) is 5.78 Å². The van der Waals surface area contributed by atoms with Crippen molar-refractivity contribution < 1.29 is 27.6 Å². The van der Waals surface area contributed by atoms with Crippen LogP contribution < -0.4 is 5.32 Å². The maximum atomic E-state index is 13.8. The van der Waals surface area contributed by atoms with E-state index in [2.05, 4.69) is 20.4 Å². The Morgan fingerprint density at radius 2 is 1.73 bits per heavy atom. The summed E-state index contributed by atoms with van der Waals surface area (Å²) in [5, 5.41) is 6.19.